The Morgan fingerprint density at radius 1 is 1.20 bits per heavy atom. The Hall–Kier alpha value is -2.44. The third-order valence-corrected chi connectivity index (χ3v) is 4.51. The zero-order chi connectivity index (χ0) is 18.0. The fraction of sp³-hybridized carbons (Fsp3) is 0.278. The molecule has 132 valence electrons. The van der Waals surface area contributed by atoms with Crippen LogP contribution in [0.1, 0.15) is 17.2 Å². The van der Waals surface area contributed by atoms with E-state index in [0.29, 0.717) is 28.6 Å². The molecule has 6 nitrogen and oxygen atoms in total. The Bertz CT molecular complexity index is 797. The quantitative estimate of drug-likeness (QED) is 0.780. The normalized spacial score (nSPS) is 18.4. The van der Waals surface area contributed by atoms with E-state index in [1.807, 2.05) is 24.3 Å². The summed E-state index contributed by atoms with van der Waals surface area (Å²) in [6.45, 7) is 0. The lowest BCUT2D eigenvalue weighted by Crippen LogP contribution is -2.36. The predicted octanol–water partition coefficient (Wildman–Crippen LogP) is 3.14. The largest absolute Gasteiger partial charge is 0.495 e. The first-order chi connectivity index (χ1) is 12.0. The van der Waals surface area contributed by atoms with Gasteiger partial charge in [-0.05, 0) is 17.2 Å². The number of urea groups is 1. The maximum atomic E-state index is 12.4. The fourth-order valence-electron chi connectivity index (χ4n) is 3.01. The second-order valence-corrected chi connectivity index (χ2v) is 6.14. The van der Waals surface area contributed by atoms with Crippen LogP contribution in [0.2, 0.25) is 5.02 Å². The van der Waals surface area contributed by atoms with Crippen LogP contribution < -0.4 is 20.1 Å². The number of fused-ring (bicyclic) bond motifs is 1. The van der Waals surface area contributed by atoms with Gasteiger partial charge in [0.2, 0.25) is 0 Å². The Morgan fingerprint density at radius 3 is 2.64 bits per heavy atom. The molecule has 3 rings (SSSR count). The molecule has 0 unspecified atom stereocenters. The fourth-order valence-corrected chi connectivity index (χ4v) is 3.25. The van der Waals surface area contributed by atoms with Gasteiger partial charge in [0.15, 0.2) is 0 Å². The van der Waals surface area contributed by atoms with Gasteiger partial charge in [0.05, 0.1) is 37.1 Å². The van der Waals surface area contributed by atoms with E-state index in [2.05, 4.69) is 10.6 Å². The molecule has 0 saturated carbocycles. The van der Waals surface area contributed by atoms with E-state index in [1.165, 1.54) is 14.2 Å². The SMILES string of the molecule is COc1cc(OC)c(NC(=O)N[C@@H]2c3ccccc3C[C@@H]2O)cc1Cl. The number of hydrogen-bond donors (Lipinski definition) is 3. The first kappa shape index (κ1) is 17.4. The van der Waals surface area contributed by atoms with Crippen molar-refractivity contribution in [1.29, 1.82) is 0 Å². The highest BCUT2D eigenvalue weighted by atomic mass is 35.5. The molecule has 0 heterocycles. The maximum absolute atomic E-state index is 12.4. The van der Waals surface area contributed by atoms with Gasteiger partial charge in [-0.25, -0.2) is 4.79 Å². The topological polar surface area (TPSA) is 79.8 Å². The van der Waals surface area contributed by atoms with E-state index in [9.17, 15) is 9.90 Å². The van der Waals surface area contributed by atoms with Gasteiger partial charge in [-0.3, -0.25) is 0 Å². The number of carbonyl (C=O) groups excluding carboxylic acids is 1. The van der Waals surface area contributed by atoms with Crippen molar-refractivity contribution in [1.82, 2.24) is 5.32 Å². The van der Waals surface area contributed by atoms with E-state index in [0.717, 1.165) is 11.1 Å². The molecule has 25 heavy (non-hydrogen) atoms. The molecular weight excluding hydrogens is 344 g/mol. The number of hydrogen-bond acceptors (Lipinski definition) is 4. The van der Waals surface area contributed by atoms with Crippen molar-refractivity contribution in [2.45, 2.75) is 18.6 Å². The number of nitrogens with one attached hydrogen (secondary N) is 2. The van der Waals surface area contributed by atoms with Crippen molar-refractivity contribution in [2.75, 3.05) is 19.5 Å². The van der Waals surface area contributed by atoms with Crippen LogP contribution in [0, 0.1) is 0 Å². The van der Waals surface area contributed by atoms with Crippen molar-refractivity contribution >= 4 is 23.3 Å². The molecule has 2 amide bonds. The van der Waals surface area contributed by atoms with Crippen LogP contribution in [-0.2, 0) is 6.42 Å². The standard InChI is InChI=1S/C18H19ClN2O4/c1-24-15-9-16(25-2)13(8-12(15)19)20-18(23)21-17-11-6-4-3-5-10(11)7-14(17)22/h3-6,8-9,14,17,22H,7H2,1-2H3,(H2,20,21,23)/t14-,17+/m0/s1. The monoisotopic (exact) mass is 362 g/mol. The Labute approximate surface area is 150 Å². The van der Waals surface area contributed by atoms with Crippen molar-refractivity contribution in [2.24, 2.45) is 0 Å². The molecule has 7 heteroatoms. The number of benzene rings is 2. The van der Waals surface area contributed by atoms with E-state index in [4.69, 9.17) is 21.1 Å². The van der Waals surface area contributed by atoms with Crippen LogP contribution in [0.15, 0.2) is 36.4 Å². The van der Waals surface area contributed by atoms with Gasteiger partial charge in [-0.15, -0.1) is 0 Å². The molecule has 2 atom stereocenters. The molecule has 0 saturated heterocycles. The summed E-state index contributed by atoms with van der Waals surface area (Å²) in [5, 5.41) is 16.1. The van der Waals surface area contributed by atoms with Gasteiger partial charge in [-0.1, -0.05) is 35.9 Å². The number of aliphatic hydroxyl groups excluding tert-OH is 1. The predicted molar refractivity (Wildman–Crippen MR) is 95.6 cm³/mol. The van der Waals surface area contributed by atoms with E-state index < -0.39 is 18.2 Å². The minimum Gasteiger partial charge on any atom is -0.495 e. The third-order valence-electron chi connectivity index (χ3n) is 4.21. The molecule has 0 radical (unpaired) electrons. The first-order valence-corrected chi connectivity index (χ1v) is 8.16. The highest BCUT2D eigenvalue weighted by molar-refractivity contribution is 6.32. The number of ether oxygens (including phenoxy) is 2. The number of carbonyl (C=O) groups is 1. The summed E-state index contributed by atoms with van der Waals surface area (Å²) in [5.41, 5.74) is 2.36. The average molecular weight is 363 g/mol. The van der Waals surface area contributed by atoms with Gasteiger partial charge < -0.3 is 25.2 Å². The highest BCUT2D eigenvalue weighted by Gasteiger charge is 2.32. The van der Waals surface area contributed by atoms with E-state index in [-0.39, 0.29) is 0 Å². The summed E-state index contributed by atoms with van der Waals surface area (Å²) < 4.78 is 10.4. The number of methoxy groups -OCH3 is 2. The Morgan fingerprint density at radius 2 is 1.92 bits per heavy atom. The summed E-state index contributed by atoms with van der Waals surface area (Å²) in [7, 11) is 2.99. The number of rotatable bonds is 4. The molecule has 3 N–H and O–H groups in total. The molecule has 0 aromatic heterocycles. The highest BCUT2D eigenvalue weighted by Crippen LogP contribution is 2.36. The summed E-state index contributed by atoms with van der Waals surface area (Å²) >= 11 is 6.11. The van der Waals surface area contributed by atoms with E-state index >= 15 is 0 Å². The lowest BCUT2D eigenvalue weighted by atomic mass is 10.1. The third kappa shape index (κ3) is 3.50. The minimum absolute atomic E-state index is 0.352. The van der Waals surface area contributed by atoms with Crippen LogP contribution >= 0.6 is 11.6 Å². The Balaban J connectivity index is 1.76. The molecule has 0 aliphatic heterocycles. The van der Waals surface area contributed by atoms with Gasteiger partial charge in [0.25, 0.3) is 0 Å². The molecular formula is C18H19ClN2O4. The van der Waals surface area contributed by atoms with Crippen LogP contribution in [-0.4, -0.2) is 31.5 Å². The number of anilines is 1. The van der Waals surface area contributed by atoms with Crippen molar-refractivity contribution in [3.05, 3.63) is 52.5 Å². The number of amides is 2. The van der Waals surface area contributed by atoms with Crippen molar-refractivity contribution in [3.63, 3.8) is 0 Å². The average Bonchev–Trinajstić information content (AvgIpc) is 2.91. The lowest BCUT2D eigenvalue weighted by Gasteiger charge is -2.19. The number of aliphatic hydroxyl groups is 1. The zero-order valence-corrected chi connectivity index (χ0v) is 14.6. The van der Waals surface area contributed by atoms with Gasteiger partial charge in [0.1, 0.15) is 11.5 Å². The lowest BCUT2D eigenvalue weighted by molar-refractivity contribution is 0.144. The van der Waals surface area contributed by atoms with Gasteiger partial charge >= 0.3 is 6.03 Å². The Kier molecular flexibility index (Phi) is 5.01. The molecule has 1 aliphatic carbocycles. The van der Waals surface area contributed by atoms with Crippen molar-refractivity contribution < 1.29 is 19.4 Å². The molecule has 2 aromatic rings. The molecule has 0 fully saturated rings. The second-order valence-electron chi connectivity index (χ2n) is 5.73. The molecule has 0 spiro atoms. The van der Waals surface area contributed by atoms with Gasteiger partial charge in [0, 0.05) is 12.5 Å². The minimum atomic E-state index is -0.662. The van der Waals surface area contributed by atoms with E-state index in [1.54, 1.807) is 12.1 Å². The molecule has 0 bridgehead atoms. The van der Waals surface area contributed by atoms with Crippen LogP contribution in [0.25, 0.3) is 0 Å². The van der Waals surface area contributed by atoms with Crippen LogP contribution in [0.4, 0.5) is 10.5 Å². The molecule has 1 aliphatic rings. The maximum Gasteiger partial charge on any atom is 0.319 e. The summed E-state index contributed by atoms with van der Waals surface area (Å²) in [4.78, 5) is 12.4. The summed E-state index contributed by atoms with van der Waals surface area (Å²) in [6, 6.07) is 9.88. The second kappa shape index (κ2) is 7.21. The first-order valence-electron chi connectivity index (χ1n) is 7.78. The van der Waals surface area contributed by atoms with Crippen molar-refractivity contribution in [3.8, 4) is 11.5 Å². The summed E-state index contributed by atoms with van der Waals surface area (Å²) in [6.07, 6.45) is -0.150. The smallest absolute Gasteiger partial charge is 0.319 e. The molecule has 2 aromatic carbocycles. The zero-order valence-electron chi connectivity index (χ0n) is 13.9. The summed E-state index contributed by atoms with van der Waals surface area (Å²) in [5.74, 6) is 0.869. The van der Waals surface area contributed by atoms with Gasteiger partial charge in [-0.2, -0.15) is 0 Å². The number of halogens is 1. The van der Waals surface area contributed by atoms with Crippen LogP contribution in [0.3, 0.4) is 0 Å². The van der Waals surface area contributed by atoms with Crippen LogP contribution in [0.5, 0.6) is 11.5 Å².